The molecule has 148 valence electrons. The van der Waals surface area contributed by atoms with Crippen molar-refractivity contribution in [2.45, 2.75) is 38.8 Å². The standard InChI is InChI=1S/C23H24N4O2/c1-16-18(13-17-3-5-20(6-4-17)27-10-2-9-24-27)14-21-22(25-16)15-26(23(21)28)19-7-11-29-12-8-19/h2-6,9-10,14,19H,7-8,11-13,15H2,1H3. The minimum atomic E-state index is 0.120. The van der Waals surface area contributed by atoms with E-state index in [0.717, 1.165) is 60.7 Å². The Morgan fingerprint density at radius 1 is 1.17 bits per heavy atom. The average Bonchev–Trinajstić information content (AvgIpc) is 3.39. The largest absolute Gasteiger partial charge is 0.381 e. The van der Waals surface area contributed by atoms with Gasteiger partial charge in [0.15, 0.2) is 0 Å². The Labute approximate surface area is 170 Å². The number of rotatable bonds is 4. The van der Waals surface area contributed by atoms with Crippen molar-refractivity contribution in [2.75, 3.05) is 13.2 Å². The van der Waals surface area contributed by atoms with Gasteiger partial charge in [-0.1, -0.05) is 12.1 Å². The zero-order valence-corrected chi connectivity index (χ0v) is 16.5. The molecule has 0 atom stereocenters. The van der Waals surface area contributed by atoms with E-state index < -0.39 is 0 Å². The van der Waals surface area contributed by atoms with Crippen molar-refractivity contribution < 1.29 is 9.53 Å². The normalized spacial score (nSPS) is 17.0. The second kappa shape index (κ2) is 7.44. The molecule has 5 rings (SSSR count). The van der Waals surface area contributed by atoms with Crippen LogP contribution in [0.2, 0.25) is 0 Å². The van der Waals surface area contributed by atoms with Crippen molar-refractivity contribution in [2.24, 2.45) is 0 Å². The minimum Gasteiger partial charge on any atom is -0.381 e. The zero-order chi connectivity index (χ0) is 19.8. The molecule has 1 saturated heterocycles. The number of pyridine rings is 1. The van der Waals surface area contributed by atoms with Crippen LogP contribution >= 0.6 is 0 Å². The van der Waals surface area contributed by atoms with Crippen LogP contribution < -0.4 is 0 Å². The lowest BCUT2D eigenvalue weighted by Gasteiger charge is -2.30. The summed E-state index contributed by atoms with van der Waals surface area (Å²) in [5.74, 6) is 0.120. The lowest BCUT2D eigenvalue weighted by molar-refractivity contribution is 0.0302. The summed E-state index contributed by atoms with van der Waals surface area (Å²) in [4.78, 5) is 19.8. The number of hydrogen-bond acceptors (Lipinski definition) is 4. The third kappa shape index (κ3) is 3.44. The first-order chi connectivity index (χ1) is 14.2. The van der Waals surface area contributed by atoms with Gasteiger partial charge in [0.2, 0.25) is 0 Å². The van der Waals surface area contributed by atoms with E-state index in [9.17, 15) is 4.79 Å². The van der Waals surface area contributed by atoms with Gasteiger partial charge in [0.1, 0.15) is 0 Å². The maximum absolute atomic E-state index is 13.0. The summed E-state index contributed by atoms with van der Waals surface area (Å²) >= 11 is 0. The van der Waals surface area contributed by atoms with Gasteiger partial charge in [-0.15, -0.1) is 0 Å². The van der Waals surface area contributed by atoms with Crippen LogP contribution in [0.3, 0.4) is 0 Å². The number of amides is 1. The molecule has 0 bridgehead atoms. The molecule has 0 aliphatic carbocycles. The van der Waals surface area contributed by atoms with Crippen LogP contribution in [0.5, 0.6) is 0 Å². The molecule has 0 unspecified atom stereocenters. The predicted octanol–water partition coefficient (Wildman–Crippen LogP) is 3.30. The number of fused-ring (bicyclic) bond motifs is 1. The van der Waals surface area contributed by atoms with Crippen LogP contribution in [-0.4, -0.2) is 44.8 Å². The van der Waals surface area contributed by atoms with Gasteiger partial charge >= 0.3 is 0 Å². The molecule has 0 radical (unpaired) electrons. The van der Waals surface area contributed by atoms with Gasteiger partial charge in [-0.3, -0.25) is 9.78 Å². The quantitative estimate of drug-likeness (QED) is 0.688. The van der Waals surface area contributed by atoms with E-state index in [-0.39, 0.29) is 11.9 Å². The first kappa shape index (κ1) is 18.1. The first-order valence-corrected chi connectivity index (χ1v) is 10.2. The smallest absolute Gasteiger partial charge is 0.256 e. The second-order valence-electron chi connectivity index (χ2n) is 7.80. The number of nitrogens with zero attached hydrogens (tertiary/aromatic N) is 4. The summed E-state index contributed by atoms with van der Waals surface area (Å²) in [7, 11) is 0. The van der Waals surface area contributed by atoms with E-state index in [1.165, 1.54) is 5.56 Å². The Morgan fingerprint density at radius 2 is 1.97 bits per heavy atom. The van der Waals surface area contributed by atoms with Crippen LogP contribution in [-0.2, 0) is 17.7 Å². The van der Waals surface area contributed by atoms with Crippen LogP contribution in [0.4, 0.5) is 0 Å². The predicted molar refractivity (Wildman–Crippen MR) is 109 cm³/mol. The molecule has 0 N–H and O–H groups in total. The number of aromatic nitrogens is 3. The summed E-state index contributed by atoms with van der Waals surface area (Å²) in [5.41, 5.74) is 6.02. The van der Waals surface area contributed by atoms with Crippen LogP contribution in [0.1, 0.15) is 45.7 Å². The van der Waals surface area contributed by atoms with Crippen molar-refractivity contribution in [3.63, 3.8) is 0 Å². The topological polar surface area (TPSA) is 60.2 Å². The number of ether oxygens (including phenoxy) is 1. The number of carbonyl (C=O) groups excluding carboxylic acids is 1. The van der Waals surface area contributed by atoms with E-state index in [1.54, 1.807) is 6.20 Å². The molecule has 6 nitrogen and oxygen atoms in total. The lowest BCUT2D eigenvalue weighted by Crippen LogP contribution is -2.39. The Bertz CT molecular complexity index is 1020. The molecule has 2 aliphatic rings. The van der Waals surface area contributed by atoms with Gasteiger partial charge in [-0.2, -0.15) is 5.10 Å². The second-order valence-corrected chi connectivity index (χ2v) is 7.80. The zero-order valence-electron chi connectivity index (χ0n) is 16.5. The molecule has 2 aromatic heterocycles. The highest BCUT2D eigenvalue weighted by molar-refractivity contribution is 5.98. The van der Waals surface area contributed by atoms with Crippen molar-refractivity contribution in [1.29, 1.82) is 0 Å². The molecular weight excluding hydrogens is 364 g/mol. The summed E-state index contributed by atoms with van der Waals surface area (Å²) < 4.78 is 7.29. The molecule has 29 heavy (non-hydrogen) atoms. The van der Waals surface area contributed by atoms with E-state index in [2.05, 4.69) is 35.4 Å². The number of aryl methyl sites for hydroxylation is 1. The van der Waals surface area contributed by atoms with Crippen molar-refractivity contribution in [3.05, 3.63) is 76.9 Å². The Hall–Kier alpha value is -2.99. The third-order valence-electron chi connectivity index (χ3n) is 5.94. The molecule has 1 aromatic carbocycles. The number of hydrogen-bond donors (Lipinski definition) is 0. The molecule has 1 amide bonds. The third-order valence-corrected chi connectivity index (χ3v) is 5.94. The number of benzene rings is 1. The van der Waals surface area contributed by atoms with E-state index in [4.69, 9.17) is 9.72 Å². The van der Waals surface area contributed by atoms with Crippen molar-refractivity contribution >= 4 is 5.91 Å². The van der Waals surface area contributed by atoms with Crippen LogP contribution in [0, 0.1) is 6.92 Å². The van der Waals surface area contributed by atoms with Crippen LogP contribution in [0.25, 0.3) is 5.69 Å². The maximum Gasteiger partial charge on any atom is 0.256 e. The Morgan fingerprint density at radius 3 is 2.69 bits per heavy atom. The molecule has 2 aliphatic heterocycles. The summed E-state index contributed by atoms with van der Waals surface area (Å²) in [6.07, 6.45) is 6.28. The molecule has 4 heterocycles. The average molecular weight is 388 g/mol. The summed E-state index contributed by atoms with van der Waals surface area (Å²) in [6, 6.07) is 12.6. The first-order valence-electron chi connectivity index (χ1n) is 10.2. The molecule has 3 aromatic rings. The minimum absolute atomic E-state index is 0.120. The van der Waals surface area contributed by atoms with E-state index in [1.807, 2.05) is 28.8 Å². The SMILES string of the molecule is Cc1nc2c(cc1Cc1ccc(-n3cccn3)cc1)C(=O)N(C1CCOCC1)C2. The fraction of sp³-hybridized carbons (Fsp3) is 0.348. The molecule has 1 fully saturated rings. The van der Waals surface area contributed by atoms with Gasteiger partial charge in [0.05, 0.1) is 23.5 Å². The fourth-order valence-electron chi connectivity index (χ4n) is 4.27. The van der Waals surface area contributed by atoms with Crippen molar-refractivity contribution in [1.82, 2.24) is 19.7 Å². The van der Waals surface area contributed by atoms with Gasteiger partial charge in [-0.25, -0.2) is 4.68 Å². The van der Waals surface area contributed by atoms with E-state index >= 15 is 0 Å². The van der Waals surface area contributed by atoms with Crippen LogP contribution in [0.15, 0.2) is 48.8 Å². The molecule has 6 heteroatoms. The van der Waals surface area contributed by atoms with E-state index in [0.29, 0.717) is 6.54 Å². The number of carbonyl (C=O) groups is 1. The van der Waals surface area contributed by atoms with Gasteiger partial charge < -0.3 is 9.64 Å². The Kier molecular flexibility index (Phi) is 4.64. The molecule has 0 saturated carbocycles. The monoisotopic (exact) mass is 388 g/mol. The maximum atomic E-state index is 13.0. The van der Waals surface area contributed by atoms with Gasteiger partial charge in [0.25, 0.3) is 5.91 Å². The summed E-state index contributed by atoms with van der Waals surface area (Å²) in [5, 5.41) is 4.26. The Balaban J connectivity index is 1.36. The van der Waals surface area contributed by atoms with Crippen molar-refractivity contribution in [3.8, 4) is 5.69 Å². The molecular formula is C23H24N4O2. The van der Waals surface area contributed by atoms with Gasteiger partial charge in [-0.05, 0) is 61.6 Å². The molecule has 0 spiro atoms. The lowest BCUT2D eigenvalue weighted by atomic mass is 10.0. The summed E-state index contributed by atoms with van der Waals surface area (Å²) in [6.45, 7) is 4.13. The fourth-order valence-corrected chi connectivity index (χ4v) is 4.27. The van der Waals surface area contributed by atoms with Gasteiger partial charge in [0, 0.05) is 37.3 Å². The highest BCUT2D eigenvalue weighted by Crippen LogP contribution is 2.29. The highest BCUT2D eigenvalue weighted by atomic mass is 16.5. The highest BCUT2D eigenvalue weighted by Gasteiger charge is 2.35.